The van der Waals surface area contributed by atoms with E-state index in [0.717, 1.165) is 41.7 Å². The largest absolute Gasteiger partial charge is 0.507 e. The van der Waals surface area contributed by atoms with Crippen molar-refractivity contribution in [3.63, 3.8) is 0 Å². The molecule has 2 aromatic rings. The molecule has 22 heavy (non-hydrogen) atoms. The van der Waals surface area contributed by atoms with Gasteiger partial charge in [0.2, 0.25) is 0 Å². The van der Waals surface area contributed by atoms with E-state index in [2.05, 4.69) is 31.3 Å². The predicted molar refractivity (Wildman–Crippen MR) is 86.0 cm³/mol. The topological polar surface area (TPSA) is 29.5 Å². The average molecular weight is 296 g/mol. The molecule has 0 aromatic heterocycles. The van der Waals surface area contributed by atoms with Crippen LogP contribution in [0.15, 0.2) is 36.4 Å². The molecule has 2 atom stereocenters. The minimum absolute atomic E-state index is 0.451. The molecule has 0 amide bonds. The fourth-order valence-electron chi connectivity index (χ4n) is 4.19. The SMILES string of the molecule is COc1ccc2c(c1)C1Cc3cccc(O)c3C[N+]1(C)CC2. The molecule has 2 aromatic carbocycles. The Balaban J connectivity index is 1.84. The Hall–Kier alpha value is -2.00. The number of methoxy groups -OCH3 is 1. The van der Waals surface area contributed by atoms with Crippen molar-refractivity contribution < 1.29 is 14.3 Å². The summed E-state index contributed by atoms with van der Waals surface area (Å²) < 4.78 is 6.41. The van der Waals surface area contributed by atoms with Gasteiger partial charge in [0.25, 0.3) is 0 Å². The molecule has 1 N–H and O–H groups in total. The maximum absolute atomic E-state index is 10.2. The van der Waals surface area contributed by atoms with Gasteiger partial charge in [-0.3, -0.25) is 0 Å². The van der Waals surface area contributed by atoms with Gasteiger partial charge < -0.3 is 14.3 Å². The third-order valence-electron chi connectivity index (χ3n) is 5.54. The Morgan fingerprint density at radius 1 is 1.18 bits per heavy atom. The van der Waals surface area contributed by atoms with Crippen molar-refractivity contribution in [3.05, 3.63) is 58.7 Å². The van der Waals surface area contributed by atoms with Crippen molar-refractivity contribution in [1.82, 2.24) is 0 Å². The molecule has 4 rings (SSSR count). The molecule has 2 aliphatic rings. The molecular weight excluding hydrogens is 274 g/mol. The first-order chi connectivity index (χ1) is 10.6. The van der Waals surface area contributed by atoms with Crippen LogP contribution in [0.5, 0.6) is 11.5 Å². The van der Waals surface area contributed by atoms with Gasteiger partial charge in [-0.05, 0) is 29.3 Å². The van der Waals surface area contributed by atoms with Gasteiger partial charge >= 0.3 is 0 Å². The molecule has 3 heteroatoms. The molecule has 0 saturated heterocycles. The fourth-order valence-corrected chi connectivity index (χ4v) is 4.19. The summed E-state index contributed by atoms with van der Waals surface area (Å²) in [5, 5.41) is 10.2. The average Bonchev–Trinajstić information content (AvgIpc) is 2.53. The van der Waals surface area contributed by atoms with Crippen LogP contribution in [0.4, 0.5) is 0 Å². The highest BCUT2D eigenvalue weighted by molar-refractivity contribution is 5.44. The van der Waals surface area contributed by atoms with Gasteiger partial charge in [-0.1, -0.05) is 18.2 Å². The van der Waals surface area contributed by atoms with Crippen molar-refractivity contribution in [2.75, 3.05) is 20.7 Å². The fraction of sp³-hybridized carbons (Fsp3) is 0.368. The third-order valence-corrected chi connectivity index (χ3v) is 5.54. The van der Waals surface area contributed by atoms with Crippen LogP contribution in [0.2, 0.25) is 0 Å². The van der Waals surface area contributed by atoms with Crippen LogP contribution < -0.4 is 4.74 Å². The van der Waals surface area contributed by atoms with Crippen molar-refractivity contribution in [1.29, 1.82) is 0 Å². The first kappa shape index (κ1) is 13.6. The number of aromatic hydroxyl groups is 1. The van der Waals surface area contributed by atoms with Crippen LogP contribution in [0.1, 0.15) is 28.3 Å². The number of quaternary nitrogens is 1. The second kappa shape index (κ2) is 4.75. The zero-order valence-corrected chi connectivity index (χ0v) is 13.2. The molecule has 0 aliphatic carbocycles. The second-order valence-electron chi connectivity index (χ2n) is 6.81. The van der Waals surface area contributed by atoms with Crippen LogP contribution in [-0.2, 0) is 19.4 Å². The molecular formula is C19H22NO2+. The van der Waals surface area contributed by atoms with Crippen LogP contribution >= 0.6 is 0 Å². The van der Waals surface area contributed by atoms with Crippen LogP contribution in [0, 0.1) is 0 Å². The van der Waals surface area contributed by atoms with Crippen LogP contribution in [0.25, 0.3) is 0 Å². The van der Waals surface area contributed by atoms with Crippen molar-refractivity contribution in [2.45, 2.75) is 25.4 Å². The molecule has 114 valence electrons. The first-order valence-corrected chi connectivity index (χ1v) is 7.91. The lowest BCUT2D eigenvalue weighted by Gasteiger charge is -2.48. The summed E-state index contributed by atoms with van der Waals surface area (Å²) in [5.41, 5.74) is 5.29. The maximum Gasteiger partial charge on any atom is 0.124 e. The summed E-state index contributed by atoms with van der Waals surface area (Å²) >= 11 is 0. The summed E-state index contributed by atoms with van der Waals surface area (Å²) in [6.07, 6.45) is 2.08. The lowest BCUT2D eigenvalue weighted by Crippen LogP contribution is -2.53. The van der Waals surface area contributed by atoms with Crippen LogP contribution in [0.3, 0.4) is 0 Å². The molecule has 0 radical (unpaired) electrons. The zero-order valence-electron chi connectivity index (χ0n) is 13.2. The van der Waals surface area contributed by atoms with Gasteiger partial charge in [0.05, 0.1) is 26.3 Å². The number of likely N-dealkylation sites (N-methyl/N-ethyl adjacent to an activating group) is 1. The Kier molecular flexibility index (Phi) is 2.95. The number of hydrogen-bond donors (Lipinski definition) is 1. The van der Waals surface area contributed by atoms with Crippen molar-refractivity contribution in [2.24, 2.45) is 0 Å². The summed E-state index contributed by atoms with van der Waals surface area (Å²) in [5.74, 6) is 1.39. The van der Waals surface area contributed by atoms with E-state index < -0.39 is 0 Å². The normalized spacial score (nSPS) is 25.8. The molecule has 0 bridgehead atoms. The van der Waals surface area contributed by atoms with Crippen LogP contribution in [-0.4, -0.2) is 30.3 Å². The van der Waals surface area contributed by atoms with Gasteiger partial charge in [0.1, 0.15) is 24.1 Å². The number of nitrogens with zero attached hydrogens (tertiary/aromatic N) is 1. The number of ether oxygens (including phenoxy) is 1. The standard InChI is InChI=1S/C19H21NO2/c1-20-9-8-13-6-7-15(22-2)11-16(13)18(20)10-14-4-3-5-19(21)17(14)12-20/h3-7,11,18H,8-10,12H2,1-2H3/p+1. The van der Waals surface area contributed by atoms with Gasteiger partial charge in [-0.2, -0.15) is 0 Å². The molecule has 0 spiro atoms. The predicted octanol–water partition coefficient (Wildman–Crippen LogP) is 3.20. The number of phenols is 1. The van der Waals surface area contributed by atoms with E-state index in [1.165, 1.54) is 16.7 Å². The Morgan fingerprint density at radius 3 is 2.86 bits per heavy atom. The molecule has 3 nitrogen and oxygen atoms in total. The molecule has 2 heterocycles. The maximum atomic E-state index is 10.2. The Morgan fingerprint density at radius 2 is 2.05 bits per heavy atom. The Labute approximate surface area is 131 Å². The highest BCUT2D eigenvalue weighted by atomic mass is 16.5. The molecule has 2 unspecified atom stereocenters. The number of fused-ring (bicyclic) bond motifs is 4. The quantitative estimate of drug-likeness (QED) is 0.819. The van der Waals surface area contributed by atoms with Gasteiger partial charge in [0, 0.05) is 18.4 Å². The summed E-state index contributed by atoms with van der Waals surface area (Å²) in [4.78, 5) is 0. The van der Waals surface area contributed by atoms with Gasteiger partial charge in [-0.15, -0.1) is 0 Å². The van der Waals surface area contributed by atoms with E-state index >= 15 is 0 Å². The van der Waals surface area contributed by atoms with E-state index in [4.69, 9.17) is 4.74 Å². The second-order valence-corrected chi connectivity index (χ2v) is 6.81. The van der Waals surface area contributed by atoms with E-state index in [0.29, 0.717) is 11.8 Å². The van der Waals surface area contributed by atoms with Gasteiger partial charge in [0.15, 0.2) is 0 Å². The highest BCUT2D eigenvalue weighted by Gasteiger charge is 2.43. The molecule has 2 aliphatic heterocycles. The first-order valence-electron chi connectivity index (χ1n) is 7.91. The zero-order chi connectivity index (χ0) is 15.3. The van der Waals surface area contributed by atoms with E-state index in [-0.39, 0.29) is 0 Å². The number of rotatable bonds is 1. The summed E-state index contributed by atoms with van der Waals surface area (Å²) in [6.45, 7) is 2.03. The summed E-state index contributed by atoms with van der Waals surface area (Å²) in [7, 11) is 4.05. The minimum Gasteiger partial charge on any atom is -0.507 e. The van der Waals surface area contributed by atoms with Gasteiger partial charge in [-0.25, -0.2) is 0 Å². The number of hydrogen-bond acceptors (Lipinski definition) is 2. The van der Waals surface area contributed by atoms with Crippen molar-refractivity contribution >= 4 is 0 Å². The minimum atomic E-state index is 0.451. The lowest BCUT2D eigenvalue weighted by molar-refractivity contribution is -0.956. The smallest absolute Gasteiger partial charge is 0.124 e. The number of benzene rings is 2. The van der Waals surface area contributed by atoms with Crippen molar-refractivity contribution in [3.8, 4) is 11.5 Å². The van der Waals surface area contributed by atoms with E-state index in [9.17, 15) is 5.11 Å². The molecule has 0 saturated carbocycles. The Bertz CT molecular complexity index is 740. The number of phenolic OH excluding ortho intramolecular Hbond substituents is 1. The lowest BCUT2D eigenvalue weighted by atomic mass is 9.82. The monoisotopic (exact) mass is 296 g/mol. The molecule has 0 fully saturated rings. The van der Waals surface area contributed by atoms with E-state index in [1.807, 2.05) is 12.1 Å². The van der Waals surface area contributed by atoms with E-state index in [1.54, 1.807) is 7.11 Å². The highest BCUT2D eigenvalue weighted by Crippen LogP contribution is 2.45. The summed E-state index contributed by atoms with van der Waals surface area (Å²) in [6, 6.07) is 12.9. The third kappa shape index (κ3) is 1.92.